The topological polar surface area (TPSA) is 99.0 Å². The molecular formula is C6H11N5O. The Balaban J connectivity index is 3.10. The Labute approximate surface area is 69.5 Å². The van der Waals surface area contributed by atoms with Crippen LogP contribution in [0.2, 0.25) is 0 Å². The Morgan fingerprint density at radius 1 is 1.83 bits per heavy atom. The highest BCUT2D eigenvalue weighted by atomic mass is 16.2. The van der Waals surface area contributed by atoms with Gasteiger partial charge in [0.05, 0.1) is 11.9 Å². The number of hydrazine groups is 1. The van der Waals surface area contributed by atoms with E-state index in [-0.39, 0.29) is 0 Å². The van der Waals surface area contributed by atoms with Gasteiger partial charge in [-0.3, -0.25) is 14.9 Å². The number of nitrogen functional groups attached to an aromatic ring is 2. The van der Waals surface area contributed by atoms with Gasteiger partial charge in [0, 0.05) is 6.54 Å². The van der Waals surface area contributed by atoms with E-state index in [9.17, 15) is 4.79 Å². The molecule has 0 radical (unpaired) electrons. The van der Waals surface area contributed by atoms with Crippen molar-refractivity contribution in [3.8, 4) is 0 Å². The molecule has 0 saturated carbocycles. The quantitative estimate of drug-likeness (QED) is 0.303. The van der Waals surface area contributed by atoms with E-state index >= 15 is 0 Å². The summed E-state index contributed by atoms with van der Waals surface area (Å²) in [5.74, 6) is 4.54. The van der Waals surface area contributed by atoms with Gasteiger partial charge in [-0.2, -0.15) is 5.10 Å². The molecule has 6 heteroatoms. The first-order valence-electron chi connectivity index (χ1n) is 3.53. The average Bonchev–Trinajstić information content (AvgIpc) is 2.45. The third-order valence-corrected chi connectivity index (χ3v) is 1.51. The van der Waals surface area contributed by atoms with Crippen LogP contribution in [0.15, 0.2) is 6.20 Å². The summed E-state index contributed by atoms with van der Waals surface area (Å²) in [6.45, 7) is 2.44. The van der Waals surface area contributed by atoms with Crippen LogP contribution < -0.4 is 17.0 Å². The Morgan fingerprint density at radius 2 is 2.50 bits per heavy atom. The summed E-state index contributed by atoms with van der Waals surface area (Å²) in [5, 5.41) is 3.88. The fourth-order valence-corrected chi connectivity index (χ4v) is 0.956. The summed E-state index contributed by atoms with van der Waals surface area (Å²) in [6, 6.07) is 0. The molecule has 0 saturated heterocycles. The summed E-state index contributed by atoms with van der Waals surface area (Å²) in [4.78, 5) is 11.1. The van der Waals surface area contributed by atoms with Gasteiger partial charge in [-0.25, -0.2) is 5.84 Å². The maximum atomic E-state index is 11.1. The Hall–Kier alpha value is -1.56. The Kier molecular flexibility index (Phi) is 2.29. The second-order valence-corrected chi connectivity index (χ2v) is 2.24. The lowest BCUT2D eigenvalue weighted by atomic mass is 10.3. The zero-order valence-corrected chi connectivity index (χ0v) is 6.74. The van der Waals surface area contributed by atoms with Gasteiger partial charge in [-0.05, 0) is 6.92 Å². The lowest BCUT2D eigenvalue weighted by Gasteiger charge is -2.02. The van der Waals surface area contributed by atoms with Crippen molar-refractivity contribution < 1.29 is 4.79 Å². The van der Waals surface area contributed by atoms with Crippen molar-refractivity contribution in [1.29, 1.82) is 0 Å². The van der Waals surface area contributed by atoms with Gasteiger partial charge < -0.3 is 5.73 Å². The summed E-state index contributed by atoms with van der Waals surface area (Å²) in [5.41, 5.74) is 8.14. The van der Waals surface area contributed by atoms with Gasteiger partial charge in [0.1, 0.15) is 0 Å². The number of nitrogens with one attached hydrogen (secondary N) is 1. The highest BCUT2D eigenvalue weighted by molar-refractivity contribution is 5.96. The van der Waals surface area contributed by atoms with Crippen molar-refractivity contribution >= 4 is 11.6 Å². The highest BCUT2D eigenvalue weighted by Gasteiger charge is 2.13. The number of carbonyl (C=O) groups excluding carboxylic acids is 1. The first-order chi connectivity index (χ1) is 5.70. The normalized spacial score (nSPS) is 9.83. The lowest BCUT2D eigenvalue weighted by Crippen LogP contribution is -2.32. The largest absolute Gasteiger partial charge is 0.396 e. The van der Waals surface area contributed by atoms with E-state index in [0.29, 0.717) is 17.9 Å². The molecule has 1 heterocycles. The van der Waals surface area contributed by atoms with E-state index in [1.807, 2.05) is 12.3 Å². The number of rotatable bonds is 2. The molecule has 0 bridgehead atoms. The number of amides is 1. The summed E-state index contributed by atoms with van der Waals surface area (Å²) in [6.07, 6.45) is 1.42. The highest BCUT2D eigenvalue weighted by Crippen LogP contribution is 2.09. The molecule has 0 atom stereocenters. The summed E-state index contributed by atoms with van der Waals surface area (Å²) >= 11 is 0. The number of anilines is 1. The van der Waals surface area contributed by atoms with Crippen molar-refractivity contribution in [2.24, 2.45) is 5.84 Å². The van der Waals surface area contributed by atoms with E-state index in [0.717, 1.165) is 0 Å². The van der Waals surface area contributed by atoms with Crippen LogP contribution in [0.4, 0.5) is 5.69 Å². The van der Waals surface area contributed by atoms with Gasteiger partial charge in [-0.1, -0.05) is 0 Å². The van der Waals surface area contributed by atoms with Crippen LogP contribution in [-0.2, 0) is 6.54 Å². The third kappa shape index (κ3) is 1.24. The van der Waals surface area contributed by atoms with Crippen LogP contribution in [0.5, 0.6) is 0 Å². The van der Waals surface area contributed by atoms with Crippen LogP contribution in [0, 0.1) is 0 Å². The molecule has 6 nitrogen and oxygen atoms in total. The van der Waals surface area contributed by atoms with E-state index in [4.69, 9.17) is 11.6 Å². The number of carbonyl (C=O) groups is 1. The first kappa shape index (κ1) is 8.54. The SMILES string of the molecule is CCn1ncc(N)c1C(=O)NN. The number of hydrogen-bond donors (Lipinski definition) is 3. The summed E-state index contributed by atoms with van der Waals surface area (Å²) < 4.78 is 1.48. The monoisotopic (exact) mass is 169 g/mol. The first-order valence-corrected chi connectivity index (χ1v) is 3.53. The van der Waals surface area contributed by atoms with Crippen LogP contribution in [0.3, 0.4) is 0 Å². The minimum Gasteiger partial charge on any atom is -0.396 e. The van der Waals surface area contributed by atoms with Crippen molar-refractivity contribution in [1.82, 2.24) is 15.2 Å². The van der Waals surface area contributed by atoms with E-state index in [2.05, 4.69) is 5.10 Å². The molecule has 0 aromatic carbocycles. The number of nitrogens with zero attached hydrogens (tertiary/aromatic N) is 2. The van der Waals surface area contributed by atoms with E-state index in [1.165, 1.54) is 10.9 Å². The molecule has 5 N–H and O–H groups in total. The lowest BCUT2D eigenvalue weighted by molar-refractivity contribution is 0.0944. The molecule has 12 heavy (non-hydrogen) atoms. The van der Waals surface area contributed by atoms with Crippen molar-refractivity contribution in [3.63, 3.8) is 0 Å². The molecule has 0 aliphatic rings. The van der Waals surface area contributed by atoms with Gasteiger partial charge in [0.25, 0.3) is 5.91 Å². The van der Waals surface area contributed by atoms with E-state index < -0.39 is 5.91 Å². The van der Waals surface area contributed by atoms with Crippen LogP contribution in [-0.4, -0.2) is 15.7 Å². The van der Waals surface area contributed by atoms with Gasteiger partial charge >= 0.3 is 0 Å². The number of nitrogens with two attached hydrogens (primary N) is 2. The fourth-order valence-electron chi connectivity index (χ4n) is 0.956. The molecule has 66 valence electrons. The molecule has 1 aromatic heterocycles. The third-order valence-electron chi connectivity index (χ3n) is 1.51. The maximum absolute atomic E-state index is 11.1. The van der Waals surface area contributed by atoms with Crippen LogP contribution in [0.25, 0.3) is 0 Å². The van der Waals surface area contributed by atoms with Crippen LogP contribution >= 0.6 is 0 Å². The Bertz CT molecular complexity index is 292. The standard InChI is InChI=1S/C6H11N5O/c1-2-11-5(6(12)10-8)4(7)3-9-11/h3H,2,7-8H2,1H3,(H,10,12). The molecule has 0 unspecified atom stereocenters. The van der Waals surface area contributed by atoms with Crippen LogP contribution in [0.1, 0.15) is 17.4 Å². The molecule has 0 fully saturated rings. The molecule has 1 rings (SSSR count). The van der Waals surface area contributed by atoms with Crippen molar-refractivity contribution in [2.45, 2.75) is 13.5 Å². The van der Waals surface area contributed by atoms with Gasteiger partial charge in [0.2, 0.25) is 0 Å². The molecule has 0 spiro atoms. The average molecular weight is 169 g/mol. The minimum absolute atomic E-state index is 0.306. The molecule has 1 aromatic rings. The fraction of sp³-hybridized carbons (Fsp3) is 0.333. The van der Waals surface area contributed by atoms with Crippen molar-refractivity contribution in [3.05, 3.63) is 11.9 Å². The second kappa shape index (κ2) is 3.22. The molecule has 1 amide bonds. The zero-order valence-electron chi connectivity index (χ0n) is 6.74. The molecular weight excluding hydrogens is 158 g/mol. The predicted molar refractivity (Wildman–Crippen MR) is 44.0 cm³/mol. The van der Waals surface area contributed by atoms with Gasteiger partial charge in [-0.15, -0.1) is 0 Å². The number of aryl methyl sites for hydroxylation is 1. The second-order valence-electron chi connectivity index (χ2n) is 2.24. The zero-order chi connectivity index (χ0) is 9.14. The minimum atomic E-state index is -0.424. The van der Waals surface area contributed by atoms with E-state index in [1.54, 1.807) is 0 Å². The molecule has 0 aliphatic heterocycles. The maximum Gasteiger partial charge on any atom is 0.285 e. The summed E-state index contributed by atoms with van der Waals surface area (Å²) in [7, 11) is 0. The number of aromatic nitrogens is 2. The van der Waals surface area contributed by atoms with Gasteiger partial charge in [0.15, 0.2) is 5.69 Å². The number of hydrogen-bond acceptors (Lipinski definition) is 4. The Morgan fingerprint density at radius 3 is 3.00 bits per heavy atom. The smallest absolute Gasteiger partial charge is 0.285 e. The van der Waals surface area contributed by atoms with Crippen molar-refractivity contribution in [2.75, 3.05) is 5.73 Å². The molecule has 0 aliphatic carbocycles. The predicted octanol–water partition coefficient (Wildman–Crippen LogP) is -0.911.